The number of phenolic OH excluding ortho intramolecular Hbond substituents is 1. The Bertz CT molecular complexity index is 3300. The monoisotopic (exact) mass is 1040 g/mol. The number of amides is 2. The highest BCUT2D eigenvalue weighted by Crippen LogP contribution is 2.42. The van der Waals surface area contributed by atoms with Crippen LogP contribution in [-0.4, -0.2) is 73.9 Å². The van der Waals surface area contributed by atoms with Gasteiger partial charge in [-0.25, -0.2) is 9.59 Å². The SMILES string of the molecule is C1=CCC=CC1.CC.CC(C)OC(=O)C1=CN(C(=O)c2ccc(O)cc2)CC(C)(C)c2c1[nH]c1ccccc21.CC(C)OC(=O)C1=CN(C(=O)c2ccc(OCc3ccccc3)cc2)CC(C)(C)c2c1[nH]c1ccccc21. The molecule has 3 aliphatic rings. The largest absolute Gasteiger partial charge is 0.508 e. The van der Waals surface area contributed by atoms with E-state index < -0.39 is 22.8 Å². The summed E-state index contributed by atoms with van der Waals surface area (Å²) in [5, 5.41) is 11.6. The van der Waals surface area contributed by atoms with Crippen LogP contribution < -0.4 is 4.74 Å². The highest BCUT2D eigenvalue weighted by atomic mass is 16.5. The van der Waals surface area contributed by atoms with Crippen LogP contribution in [0.1, 0.15) is 131 Å². The van der Waals surface area contributed by atoms with Crippen LogP contribution in [0.4, 0.5) is 0 Å². The average molecular weight is 1040 g/mol. The lowest BCUT2D eigenvalue weighted by molar-refractivity contribution is -0.141. The van der Waals surface area contributed by atoms with Crippen LogP contribution in [-0.2, 0) is 36.5 Å². The summed E-state index contributed by atoms with van der Waals surface area (Å²) in [6, 6.07) is 39.0. The number of aromatic hydroxyl groups is 1. The first-order valence-electron chi connectivity index (χ1n) is 26.5. The van der Waals surface area contributed by atoms with Gasteiger partial charge in [-0.1, -0.05) is 133 Å². The number of para-hydroxylation sites is 2. The standard InChI is InChI=1S/C32H32N2O4.C25H26N2O4.C6H8.C2H6/c1-21(2)38-31(36)26-18-34(20-32(3,4)28-25-12-8-9-13-27(25)33-29(26)28)30(35)23-14-16-24(17-15-23)37-19-22-10-6-5-7-11-22;1-15(2)31-24(30)19-13-27(23(29)16-9-11-17(28)12-10-16)14-25(3,4)21-18-7-5-6-8-20(18)26-22(19)21;1-2-4-6-5-3-1;1-2/h5-18,21,33H,19-20H2,1-4H3;5-13,15,26,28H,14H2,1-4H3;1-2,5-6H,3-4H2;1-2H3. The summed E-state index contributed by atoms with van der Waals surface area (Å²) in [6.45, 7) is 20.8. The van der Waals surface area contributed by atoms with E-state index >= 15 is 0 Å². The third kappa shape index (κ3) is 13.5. The van der Waals surface area contributed by atoms with Gasteiger partial charge in [0.1, 0.15) is 18.1 Å². The van der Waals surface area contributed by atoms with E-state index in [0.29, 0.717) is 59.1 Å². The molecule has 10 rings (SSSR count). The fourth-order valence-electron chi connectivity index (χ4n) is 9.67. The number of fused-ring (bicyclic) bond motifs is 6. The summed E-state index contributed by atoms with van der Waals surface area (Å²) in [4.78, 5) is 63.4. The normalized spacial score (nSPS) is 14.9. The highest BCUT2D eigenvalue weighted by Gasteiger charge is 2.39. The molecule has 2 aromatic heterocycles. The predicted octanol–water partition coefficient (Wildman–Crippen LogP) is 14.0. The fourth-order valence-corrected chi connectivity index (χ4v) is 9.67. The number of aromatic amines is 2. The second kappa shape index (κ2) is 25.0. The topological polar surface area (TPSA) is 154 Å². The number of nitrogens with one attached hydrogen (secondary N) is 2. The second-order valence-electron chi connectivity index (χ2n) is 20.7. The lowest BCUT2D eigenvalue weighted by Crippen LogP contribution is -2.36. The minimum Gasteiger partial charge on any atom is -0.508 e. The van der Waals surface area contributed by atoms with E-state index in [1.807, 2.05) is 107 Å². The van der Waals surface area contributed by atoms with Crippen molar-refractivity contribution in [3.8, 4) is 11.5 Å². The molecule has 400 valence electrons. The summed E-state index contributed by atoms with van der Waals surface area (Å²) in [6.07, 6.45) is 13.6. The summed E-state index contributed by atoms with van der Waals surface area (Å²) < 4.78 is 17.0. The Labute approximate surface area is 452 Å². The van der Waals surface area contributed by atoms with Gasteiger partial charge in [-0.05, 0) is 118 Å². The second-order valence-corrected chi connectivity index (χ2v) is 20.7. The van der Waals surface area contributed by atoms with Crippen LogP contribution in [0.3, 0.4) is 0 Å². The number of hydrogen-bond acceptors (Lipinski definition) is 8. The molecule has 0 bridgehead atoms. The third-order valence-corrected chi connectivity index (χ3v) is 13.0. The van der Waals surface area contributed by atoms with E-state index in [4.69, 9.17) is 14.2 Å². The fraction of sp³-hybridized carbons (Fsp3) is 0.292. The number of carbonyl (C=O) groups is 4. The number of allylic oxidation sites excluding steroid dienone is 4. The maximum atomic E-state index is 13.7. The zero-order valence-corrected chi connectivity index (χ0v) is 46.0. The Morgan fingerprint density at radius 3 is 1.34 bits per heavy atom. The molecular weight excluding hydrogens is 965 g/mol. The van der Waals surface area contributed by atoms with Gasteiger partial charge in [-0.2, -0.15) is 0 Å². The molecule has 0 radical (unpaired) electrons. The zero-order chi connectivity index (χ0) is 55.4. The number of esters is 2. The number of aromatic nitrogens is 2. The highest BCUT2D eigenvalue weighted by molar-refractivity contribution is 6.19. The number of H-pyrrole nitrogens is 2. The Hall–Kier alpha value is -8.38. The Morgan fingerprint density at radius 2 is 0.935 bits per heavy atom. The van der Waals surface area contributed by atoms with Crippen molar-refractivity contribution in [1.29, 1.82) is 0 Å². The van der Waals surface area contributed by atoms with Crippen LogP contribution in [0, 0.1) is 0 Å². The third-order valence-electron chi connectivity index (χ3n) is 13.0. The molecule has 77 heavy (non-hydrogen) atoms. The number of rotatable bonds is 9. The van der Waals surface area contributed by atoms with Crippen molar-refractivity contribution in [3.63, 3.8) is 0 Å². The zero-order valence-electron chi connectivity index (χ0n) is 46.0. The molecule has 0 atom stereocenters. The van der Waals surface area contributed by atoms with Crippen molar-refractivity contribution in [3.05, 3.63) is 203 Å². The average Bonchev–Trinajstić information content (AvgIpc) is 3.97. The van der Waals surface area contributed by atoms with Crippen LogP contribution in [0.15, 0.2) is 164 Å². The molecule has 7 aromatic rings. The molecule has 0 saturated carbocycles. The first-order valence-corrected chi connectivity index (χ1v) is 26.5. The molecule has 5 aromatic carbocycles. The molecule has 12 heteroatoms. The first-order chi connectivity index (χ1) is 36.9. The summed E-state index contributed by atoms with van der Waals surface area (Å²) in [7, 11) is 0. The molecule has 12 nitrogen and oxygen atoms in total. The number of phenols is 1. The molecule has 0 unspecified atom stereocenters. The van der Waals surface area contributed by atoms with Crippen molar-refractivity contribution >= 4 is 56.7 Å². The number of nitrogens with zero attached hydrogens (tertiary/aromatic N) is 2. The Balaban J connectivity index is 0.000000199. The molecule has 3 N–H and O–H groups in total. The van der Waals surface area contributed by atoms with E-state index in [1.165, 1.54) is 12.1 Å². The van der Waals surface area contributed by atoms with Crippen LogP contribution in [0.5, 0.6) is 11.5 Å². The quantitative estimate of drug-likeness (QED) is 0.0954. The molecule has 0 saturated heterocycles. The molecule has 0 fully saturated rings. The van der Waals surface area contributed by atoms with E-state index in [1.54, 1.807) is 72.4 Å². The maximum Gasteiger partial charge on any atom is 0.342 e. The smallest absolute Gasteiger partial charge is 0.342 e. The molecule has 2 aliphatic heterocycles. The van der Waals surface area contributed by atoms with Crippen molar-refractivity contribution in [1.82, 2.24) is 19.8 Å². The van der Waals surface area contributed by atoms with E-state index in [0.717, 1.165) is 51.3 Å². The Kier molecular flexibility index (Phi) is 18.3. The molecule has 2 amide bonds. The maximum absolute atomic E-state index is 13.7. The van der Waals surface area contributed by atoms with Gasteiger partial charge in [0.25, 0.3) is 11.8 Å². The van der Waals surface area contributed by atoms with Crippen molar-refractivity contribution < 1.29 is 38.5 Å². The van der Waals surface area contributed by atoms with E-state index in [-0.39, 0.29) is 29.8 Å². The van der Waals surface area contributed by atoms with E-state index in [2.05, 4.69) is 62.0 Å². The van der Waals surface area contributed by atoms with Gasteiger partial charge in [0, 0.05) is 69.3 Å². The van der Waals surface area contributed by atoms with Crippen LogP contribution >= 0.6 is 0 Å². The van der Waals surface area contributed by atoms with Gasteiger partial charge in [0.2, 0.25) is 0 Å². The molecular formula is C65H72N4O8. The van der Waals surface area contributed by atoms with E-state index in [9.17, 15) is 24.3 Å². The predicted molar refractivity (Wildman–Crippen MR) is 307 cm³/mol. The minimum absolute atomic E-state index is 0.0888. The molecule has 1 aliphatic carbocycles. The van der Waals surface area contributed by atoms with Crippen molar-refractivity contribution in [2.45, 2.75) is 112 Å². The summed E-state index contributed by atoms with van der Waals surface area (Å²) in [5.41, 5.74) is 7.01. The van der Waals surface area contributed by atoms with Gasteiger partial charge < -0.3 is 39.1 Å². The van der Waals surface area contributed by atoms with Gasteiger partial charge in [0.05, 0.1) is 34.7 Å². The first kappa shape index (κ1) is 56.3. The number of benzene rings is 5. The number of hydrogen-bond donors (Lipinski definition) is 3. The lowest BCUT2D eigenvalue weighted by Gasteiger charge is -2.29. The van der Waals surface area contributed by atoms with Gasteiger partial charge in [0.15, 0.2) is 0 Å². The van der Waals surface area contributed by atoms with Crippen LogP contribution in [0.25, 0.3) is 33.0 Å². The number of ether oxygens (including phenoxy) is 3. The summed E-state index contributed by atoms with van der Waals surface area (Å²) in [5.74, 6) is -0.628. The Morgan fingerprint density at radius 1 is 0.545 bits per heavy atom. The van der Waals surface area contributed by atoms with Gasteiger partial charge in [-0.3, -0.25) is 9.59 Å². The lowest BCUT2D eigenvalue weighted by atomic mass is 9.81. The van der Waals surface area contributed by atoms with Gasteiger partial charge in [-0.15, -0.1) is 0 Å². The molecule has 4 heterocycles. The number of carbonyl (C=O) groups excluding carboxylic acids is 4. The van der Waals surface area contributed by atoms with Crippen molar-refractivity contribution in [2.75, 3.05) is 13.1 Å². The molecule has 0 spiro atoms. The summed E-state index contributed by atoms with van der Waals surface area (Å²) >= 11 is 0. The van der Waals surface area contributed by atoms with Gasteiger partial charge >= 0.3 is 11.9 Å². The van der Waals surface area contributed by atoms with Crippen LogP contribution in [0.2, 0.25) is 0 Å². The minimum atomic E-state index is -0.482. The van der Waals surface area contributed by atoms with Crippen molar-refractivity contribution in [2.24, 2.45) is 0 Å².